The molecule has 0 aliphatic carbocycles. The van der Waals surface area contributed by atoms with Crippen molar-refractivity contribution in [1.82, 2.24) is 10.3 Å². The predicted octanol–water partition coefficient (Wildman–Crippen LogP) is 3.92. The third-order valence-electron chi connectivity index (χ3n) is 4.00. The number of carbonyl (C=O) groups is 1. The number of benzene rings is 2. The van der Waals surface area contributed by atoms with Gasteiger partial charge in [0.2, 0.25) is 0 Å². The second-order valence-electron chi connectivity index (χ2n) is 6.11. The summed E-state index contributed by atoms with van der Waals surface area (Å²) in [6, 6.07) is 20.7. The van der Waals surface area contributed by atoms with Crippen molar-refractivity contribution in [2.24, 2.45) is 0 Å². The zero-order valence-corrected chi connectivity index (χ0v) is 15.2. The Morgan fingerprint density at radius 2 is 1.70 bits per heavy atom. The smallest absolute Gasteiger partial charge is 0.258 e. The van der Waals surface area contributed by atoms with E-state index in [4.69, 9.17) is 9.47 Å². The molecule has 3 rings (SSSR count). The number of ether oxygens (including phenoxy) is 2. The molecule has 1 N–H and O–H groups in total. The van der Waals surface area contributed by atoms with Gasteiger partial charge in [0.05, 0.1) is 6.04 Å². The van der Waals surface area contributed by atoms with Crippen LogP contribution in [0, 0.1) is 0 Å². The van der Waals surface area contributed by atoms with Crippen molar-refractivity contribution < 1.29 is 14.3 Å². The summed E-state index contributed by atoms with van der Waals surface area (Å²) in [7, 11) is 0. The summed E-state index contributed by atoms with van der Waals surface area (Å²) >= 11 is 0. The van der Waals surface area contributed by atoms with Gasteiger partial charge in [0.15, 0.2) is 6.61 Å². The molecule has 1 unspecified atom stereocenters. The topological polar surface area (TPSA) is 60.5 Å². The zero-order chi connectivity index (χ0) is 18.9. The van der Waals surface area contributed by atoms with Crippen molar-refractivity contribution in [2.45, 2.75) is 19.6 Å². The molecule has 0 fully saturated rings. The van der Waals surface area contributed by atoms with Gasteiger partial charge in [-0.3, -0.25) is 9.78 Å². The van der Waals surface area contributed by atoms with Crippen molar-refractivity contribution in [3.05, 3.63) is 90.3 Å². The molecule has 1 aromatic heterocycles. The van der Waals surface area contributed by atoms with Gasteiger partial charge in [-0.05, 0) is 42.8 Å². The summed E-state index contributed by atoms with van der Waals surface area (Å²) in [5.41, 5.74) is 2.01. The van der Waals surface area contributed by atoms with E-state index in [2.05, 4.69) is 10.3 Å². The maximum atomic E-state index is 12.1. The number of hydrogen-bond donors (Lipinski definition) is 1. The van der Waals surface area contributed by atoms with Crippen molar-refractivity contribution in [2.75, 3.05) is 6.61 Å². The Labute approximate surface area is 159 Å². The molecular weight excluding hydrogens is 340 g/mol. The molecule has 1 heterocycles. The van der Waals surface area contributed by atoms with Crippen LogP contribution in [0.2, 0.25) is 0 Å². The van der Waals surface area contributed by atoms with Crippen LogP contribution >= 0.6 is 0 Å². The van der Waals surface area contributed by atoms with E-state index < -0.39 is 0 Å². The maximum Gasteiger partial charge on any atom is 0.258 e. The van der Waals surface area contributed by atoms with Crippen LogP contribution in [0.1, 0.15) is 24.1 Å². The second-order valence-corrected chi connectivity index (χ2v) is 6.11. The number of rotatable bonds is 8. The number of pyridine rings is 1. The highest BCUT2D eigenvalue weighted by Gasteiger charge is 2.10. The maximum absolute atomic E-state index is 12.1. The Hall–Kier alpha value is -3.34. The van der Waals surface area contributed by atoms with Crippen LogP contribution in [0.25, 0.3) is 0 Å². The number of carbonyl (C=O) groups excluding carboxylic acids is 1. The Kier molecular flexibility index (Phi) is 6.41. The largest absolute Gasteiger partial charge is 0.489 e. The Bertz CT molecular complexity index is 836. The zero-order valence-electron chi connectivity index (χ0n) is 15.2. The fourth-order valence-electron chi connectivity index (χ4n) is 2.53. The molecule has 0 saturated heterocycles. The lowest BCUT2D eigenvalue weighted by Crippen LogP contribution is -2.31. The minimum atomic E-state index is -0.164. The van der Waals surface area contributed by atoms with Crippen LogP contribution in [0.3, 0.4) is 0 Å². The average Bonchev–Trinajstić information content (AvgIpc) is 2.72. The third-order valence-corrected chi connectivity index (χ3v) is 4.00. The Balaban J connectivity index is 1.46. The summed E-state index contributed by atoms with van der Waals surface area (Å²) in [4.78, 5) is 16.1. The molecule has 2 aromatic carbocycles. The Morgan fingerprint density at radius 3 is 2.41 bits per heavy atom. The highest BCUT2D eigenvalue weighted by molar-refractivity contribution is 5.78. The molecule has 0 radical (unpaired) electrons. The molecule has 0 aliphatic rings. The average molecular weight is 362 g/mol. The molecule has 1 amide bonds. The highest BCUT2D eigenvalue weighted by Crippen LogP contribution is 2.18. The van der Waals surface area contributed by atoms with Crippen LogP contribution < -0.4 is 14.8 Å². The number of nitrogens with one attached hydrogen (secondary N) is 1. The minimum absolute atomic E-state index is 0.0132. The Morgan fingerprint density at radius 1 is 0.963 bits per heavy atom. The summed E-state index contributed by atoms with van der Waals surface area (Å²) in [6.45, 7) is 2.39. The lowest BCUT2D eigenvalue weighted by Gasteiger charge is -2.15. The summed E-state index contributed by atoms with van der Waals surface area (Å²) in [6.07, 6.45) is 3.52. The van der Waals surface area contributed by atoms with Gasteiger partial charge >= 0.3 is 0 Å². The van der Waals surface area contributed by atoms with Crippen LogP contribution in [-0.4, -0.2) is 17.5 Å². The van der Waals surface area contributed by atoms with Gasteiger partial charge in [-0.2, -0.15) is 0 Å². The van der Waals surface area contributed by atoms with Gasteiger partial charge in [0.1, 0.15) is 18.1 Å². The highest BCUT2D eigenvalue weighted by atomic mass is 16.5. The number of aromatic nitrogens is 1. The first-order valence-corrected chi connectivity index (χ1v) is 8.79. The van der Waals surface area contributed by atoms with E-state index in [0.29, 0.717) is 12.4 Å². The molecule has 0 saturated carbocycles. The molecule has 0 spiro atoms. The van der Waals surface area contributed by atoms with Gasteiger partial charge in [0, 0.05) is 18.0 Å². The summed E-state index contributed by atoms with van der Waals surface area (Å²) < 4.78 is 11.2. The summed E-state index contributed by atoms with van der Waals surface area (Å²) in [5.74, 6) is 1.28. The first-order chi connectivity index (χ1) is 13.2. The number of amides is 1. The lowest BCUT2D eigenvalue weighted by molar-refractivity contribution is -0.123. The SMILES string of the molecule is CC(NC(=O)COc1ccccc1)c1ccc(OCc2cccnc2)cc1. The molecule has 3 aromatic rings. The molecule has 5 heteroatoms. The van der Waals surface area contributed by atoms with Gasteiger partial charge in [-0.1, -0.05) is 36.4 Å². The van der Waals surface area contributed by atoms with Gasteiger partial charge in [-0.25, -0.2) is 0 Å². The van der Waals surface area contributed by atoms with E-state index in [9.17, 15) is 4.79 Å². The van der Waals surface area contributed by atoms with Crippen molar-refractivity contribution in [3.8, 4) is 11.5 Å². The normalized spacial score (nSPS) is 11.4. The molecule has 1 atom stereocenters. The first-order valence-electron chi connectivity index (χ1n) is 8.79. The van der Waals surface area contributed by atoms with E-state index in [1.54, 1.807) is 12.4 Å². The van der Waals surface area contributed by atoms with E-state index in [-0.39, 0.29) is 18.6 Å². The van der Waals surface area contributed by atoms with Crippen molar-refractivity contribution in [1.29, 1.82) is 0 Å². The molecule has 5 nitrogen and oxygen atoms in total. The molecular formula is C22H22N2O3. The molecule has 27 heavy (non-hydrogen) atoms. The van der Waals surface area contributed by atoms with Crippen molar-refractivity contribution >= 4 is 5.91 Å². The molecule has 0 aliphatic heterocycles. The van der Waals surface area contributed by atoms with Gasteiger partial charge in [-0.15, -0.1) is 0 Å². The number of nitrogens with zero attached hydrogens (tertiary/aromatic N) is 1. The van der Waals surface area contributed by atoms with Crippen molar-refractivity contribution in [3.63, 3.8) is 0 Å². The number of para-hydroxylation sites is 1. The van der Waals surface area contributed by atoms with Gasteiger partial charge in [0.25, 0.3) is 5.91 Å². The van der Waals surface area contributed by atoms with Crippen LogP contribution in [0.5, 0.6) is 11.5 Å². The van der Waals surface area contributed by atoms with E-state index in [1.165, 1.54) is 0 Å². The van der Waals surface area contributed by atoms with E-state index in [0.717, 1.165) is 16.9 Å². The quantitative estimate of drug-likeness (QED) is 0.660. The van der Waals surface area contributed by atoms with Gasteiger partial charge < -0.3 is 14.8 Å². The second kappa shape index (κ2) is 9.38. The third kappa shape index (κ3) is 5.85. The summed E-state index contributed by atoms with van der Waals surface area (Å²) in [5, 5.41) is 2.93. The lowest BCUT2D eigenvalue weighted by atomic mass is 10.1. The van der Waals surface area contributed by atoms with Crippen LogP contribution in [-0.2, 0) is 11.4 Å². The monoisotopic (exact) mass is 362 g/mol. The van der Waals surface area contributed by atoms with E-state index in [1.807, 2.05) is 73.7 Å². The standard InChI is InChI=1S/C22H22N2O3/c1-17(24-22(25)16-27-20-7-3-2-4-8-20)19-9-11-21(12-10-19)26-15-18-6-5-13-23-14-18/h2-14,17H,15-16H2,1H3,(H,24,25). The van der Waals surface area contributed by atoms with Crippen LogP contribution in [0.4, 0.5) is 0 Å². The first kappa shape index (κ1) is 18.5. The minimum Gasteiger partial charge on any atom is -0.489 e. The fraction of sp³-hybridized carbons (Fsp3) is 0.182. The number of hydrogen-bond acceptors (Lipinski definition) is 4. The predicted molar refractivity (Wildman–Crippen MR) is 104 cm³/mol. The molecule has 138 valence electrons. The molecule has 0 bridgehead atoms. The van der Waals surface area contributed by atoms with E-state index >= 15 is 0 Å². The van der Waals surface area contributed by atoms with Crippen LogP contribution in [0.15, 0.2) is 79.1 Å². The fourth-order valence-corrected chi connectivity index (χ4v) is 2.53.